The highest BCUT2D eigenvalue weighted by Gasteiger charge is 2.46. The van der Waals surface area contributed by atoms with Crippen LogP contribution in [0.4, 0.5) is 0 Å². The van der Waals surface area contributed by atoms with E-state index in [0.29, 0.717) is 0 Å². The maximum Gasteiger partial charge on any atom is 0.104 e. The zero-order valence-corrected chi connectivity index (χ0v) is 17.6. The van der Waals surface area contributed by atoms with Crippen LogP contribution in [-0.4, -0.2) is 11.7 Å². The summed E-state index contributed by atoms with van der Waals surface area (Å²) in [7, 11) is 1.84. The third-order valence-corrected chi connectivity index (χ3v) is 6.53. The van der Waals surface area contributed by atoms with E-state index in [4.69, 9.17) is 16.3 Å². The largest absolute Gasteiger partial charge is 0.375 e. The highest BCUT2D eigenvalue weighted by Crippen LogP contribution is 2.54. The van der Waals surface area contributed by atoms with E-state index < -0.39 is 0 Å². The Bertz CT molecular complexity index is 932. The van der Waals surface area contributed by atoms with Gasteiger partial charge in [0, 0.05) is 40.8 Å². The Morgan fingerprint density at radius 3 is 2.41 bits per heavy atom. The van der Waals surface area contributed by atoms with Crippen LogP contribution in [0.15, 0.2) is 48.6 Å². The number of hydrogen-bond acceptors (Lipinski definition) is 1. The summed E-state index contributed by atoms with van der Waals surface area (Å²) in [6.45, 7) is 10.2. The van der Waals surface area contributed by atoms with Crippen LogP contribution < -0.4 is 0 Å². The summed E-state index contributed by atoms with van der Waals surface area (Å²) in [6, 6.07) is 8.25. The van der Waals surface area contributed by atoms with E-state index in [0.717, 1.165) is 18.0 Å². The fourth-order valence-electron chi connectivity index (χ4n) is 4.99. The smallest absolute Gasteiger partial charge is 0.104 e. The maximum absolute atomic E-state index is 6.17. The normalized spacial score (nSPS) is 25.8. The van der Waals surface area contributed by atoms with Crippen molar-refractivity contribution < 1.29 is 4.74 Å². The Hall–Kier alpha value is -1.77. The molecule has 1 aliphatic carbocycles. The number of methoxy groups -OCH3 is 1. The number of halogens is 1. The van der Waals surface area contributed by atoms with Crippen molar-refractivity contribution >= 4 is 11.6 Å². The van der Waals surface area contributed by atoms with Gasteiger partial charge in [0.15, 0.2) is 0 Å². The first kappa shape index (κ1) is 18.6. The molecule has 0 N–H and O–H groups in total. The minimum Gasteiger partial charge on any atom is -0.375 e. The lowest BCUT2D eigenvalue weighted by atomic mass is 9.72. The molecule has 2 aromatic rings. The molecule has 2 nitrogen and oxygen atoms in total. The molecule has 0 spiro atoms. The molecule has 2 atom stereocenters. The van der Waals surface area contributed by atoms with Crippen LogP contribution in [0.3, 0.4) is 0 Å². The van der Waals surface area contributed by atoms with Crippen molar-refractivity contribution in [3.05, 3.63) is 70.5 Å². The molecule has 1 aromatic heterocycles. The van der Waals surface area contributed by atoms with E-state index in [1.54, 1.807) is 0 Å². The van der Waals surface area contributed by atoms with E-state index >= 15 is 0 Å². The van der Waals surface area contributed by atoms with Crippen molar-refractivity contribution in [2.24, 2.45) is 5.41 Å². The molecule has 0 saturated heterocycles. The molecule has 27 heavy (non-hydrogen) atoms. The van der Waals surface area contributed by atoms with Gasteiger partial charge in [-0.3, -0.25) is 0 Å². The van der Waals surface area contributed by atoms with Crippen molar-refractivity contribution in [1.29, 1.82) is 0 Å². The monoisotopic (exact) mass is 381 g/mol. The lowest BCUT2D eigenvalue weighted by molar-refractivity contribution is 0.0173. The summed E-state index contributed by atoms with van der Waals surface area (Å²) in [5.74, 6) is 0. The second-order valence-corrected chi connectivity index (χ2v) is 9.26. The summed E-state index contributed by atoms with van der Waals surface area (Å²) in [5.41, 5.74) is 6.65. The Morgan fingerprint density at radius 1 is 1.11 bits per heavy atom. The van der Waals surface area contributed by atoms with Crippen LogP contribution in [0.2, 0.25) is 5.02 Å². The second kappa shape index (κ2) is 6.39. The topological polar surface area (TPSA) is 14.2 Å². The number of hydrogen-bond donors (Lipinski definition) is 0. The lowest BCUT2D eigenvalue weighted by Crippen LogP contribution is -2.25. The average molecular weight is 382 g/mol. The number of benzene rings is 1. The zero-order valence-electron chi connectivity index (χ0n) is 16.8. The van der Waals surface area contributed by atoms with Gasteiger partial charge < -0.3 is 9.30 Å². The van der Waals surface area contributed by atoms with Gasteiger partial charge in [0.2, 0.25) is 0 Å². The van der Waals surface area contributed by atoms with Crippen molar-refractivity contribution in [2.45, 2.75) is 52.2 Å². The molecule has 1 aromatic carbocycles. The van der Waals surface area contributed by atoms with Crippen LogP contribution in [-0.2, 0) is 16.7 Å². The van der Waals surface area contributed by atoms with Crippen molar-refractivity contribution in [3.8, 4) is 11.1 Å². The van der Waals surface area contributed by atoms with Gasteiger partial charge in [0.25, 0.3) is 0 Å². The molecule has 142 valence electrons. The van der Waals surface area contributed by atoms with Crippen LogP contribution in [0.25, 0.3) is 11.1 Å². The number of allylic oxidation sites excluding steroid dienone is 4. The van der Waals surface area contributed by atoms with E-state index in [2.05, 4.69) is 68.7 Å². The first-order valence-electron chi connectivity index (χ1n) is 9.65. The molecule has 0 bridgehead atoms. The molecule has 0 amide bonds. The Kier molecular flexibility index (Phi) is 4.40. The Balaban J connectivity index is 2.02. The third-order valence-electron chi connectivity index (χ3n) is 6.28. The van der Waals surface area contributed by atoms with Crippen molar-refractivity contribution in [1.82, 2.24) is 4.57 Å². The van der Waals surface area contributed by atoms with Crippen molar-refractivity contribution in [3.63, 3.8) is 0 Å². The standard InChI is InChI=1S/C24H28ClNO/c1-16-19(17-9-11-18(25)12-10-17)20(24(4)13-7-6-8-14-24)21-22(27-5)23(2,3)15-26(16)21/h6-13,22H,14-15H2,1-5H3. The van der Waals surface area contributed by atoms with E-state index in [1.807, 2.05) is 19.2 Å². The number of aromatic nitrogens is 1. The van der Waals surface area contributed by atoms with Gasteiger partial charge in [-0.25, -0.2) is 0 Å². The third kappa shape index (κ3) is 2.81. The zero-order chi connectivity index (χ0) is 19.4. The Morgan fingerprint density at radius 2 is 1.81 bits per heavy atom. The van der Waals surface area contributed by atoms with Gasteiger partial charge in [-0.05, 0) is 36.6 Å². The first-order chi connectivity index (χ1) is 12.8. The van der Waals surface area contributed by atoms with E-state index in [-0.39, 0.29) is 16.9 Å². The minimum atomic E-state index is -0.0493. The highest BCUT2D eigenvalue weighted by molar-refractivity contribution is 6.30. The molecule has 0 fully saturated rings. The molecule has 2 heterocycles. The van der Waals surface area contributed by atoms with Gasteiger partial charge in [-0.1, -0.05) is 68.8 Å². The van der Waals surface area contributed by atoms with E-state index in [9.17, 15) is 0 Å². The molecular weight excluding hydrogens is 354 g/mol. The van der Waals surface area contributed by atoms with Crippen LogP contribution in [0.5, 0.6) is 0 Å². The summed E-state index contributed by atoms with van der Waals surface area (Å²) >= 11 is 6.17. The summed E-state index contributed by atoms with van der Waals surface area (Å²) in [4.78, 5) is 0. The number of rotatable bonds is 3. The number of ether oxygens (including phenoxy) is 1. The van der Waals surface area contributed by atoms with Gasteiger partial charge in [-0.2, -0.15) is 0 Å². The lowest BCUT2D eigenvalue weighted by Gasteiger charge is -2.32. The molecule has 3 heteroatoms. The molecule has 1 aliphatic heterocycles. The number of nitrogens with zero attached hydrogens (tertiary/aromatic N) is 1. The van der Waals surface area contributed by atoms with Gasteiger partial charge >= 0.3 is 0 Å². The van der Waals surface area contributed by atoms with Crippen LogP contribution in [0.1, 0.15) is 50.2 Å². The molecule has 2 aliphatic rings. The maximum atomic E-state index is 6.17. The summed E-state index contributed by atoms with van der Waals surface area (Å²) in [6.07, 6.45) is 10.0. The molecule has 4 rings (SSSR count). The predicted octanol–water partition coefficient (Wildman–Crippen LogP) is 6.62. The first-order valence-corrected chi connectivity index (χ1v) is 10.0. The summed E-state index contributed by atoms with van der Waals surface area (Å²) in [5, 5.41) is 0.771. The van der Waals surface area contributed by atoms with Gasteiger partial charge in [-0.15, -0.1) is 0 Å². The molecule has 0 radical (unpaired) electrons. The van der Waals surface area contributed by atoms with Crippen LogP contribution in [0, 0.1) is 12.3 Å². The Labute approximate surface area is 167 Å². The van der Waals surface area contributed by atoms with Crippen molar-refractivity contribution in [2.75, 3.05) is 7.11 Å². The van der Waals surface area contributed by atoms with Crippen LogP contribution >= 0.6 is 11.6 Å². The molecule has 0 saturated carbocycles. The van der Waals surface area contributed by atoms with Gasteiger partial charge in [0.1, 0.15) is 6.10 Å². The van der Waals surface area contributed by atoms with Gasteiger partial charge in [0.05, 0.1) is 5.69 Å². The SMILES string of the molecule is COC1c2c(C3(C)C=CC=CC3)c(-c3ccc(Cl)cc3)c(C)n2CC1(C)C. The predicted molar refractivity (Wildman–Crippen MR) is 113 cm³/mol. The molecular formula is C24H28ClNO. The average Bonchev–Trinajstić information content (AvgIpc) is 3.05. The minimum absolute atomic E-state index is 0.0493. The fourth-order valence-corrected chi connectivity index (χ4v) is 5.11. The molecule has 2 unspecified atom stereocenters. The fraction of sp³-hybridized carbons (Fsp3) is 0.417. The summed E-state index contributed by atoms with van der Waals surface area (Å²) < 4.78 is 8.56. The number of fused-ring (bicyclic) bond motifs is 1. The second-order valence-electron chi connectivity index (χ2n) is 8.83. The highest BCUT2D eigenvalue weighted by atomic mass is 35.5. The van der Waals surface area contributed by atoms with E-state index in [1.165, 1.54) is 28.1 Å². The quantitative estimate of drug-likeness (QED) is 0.582.